The Morgan fingerprint density at radius 1 is 1.26 bits per heavy atom. The maximum atomic E-state index is 12.3. The van der Waals surface area contributed by atoms with E-state index >= 15 is 0 Å². The van der Waals surface area contributed by atoms with Crippen molar-refractivity contribution in [3.63, 3.8) is 0 Å². The van der Waals surface area contributed by atoms with E-state index in [2.05, 4.69) is 27.1 Å². The molecule has 0 radical (unpaired) electrons. The highest BCUT2D eigenvalue weighted by molar-refractivity contribution is 7.18. The lowest BCUT2D eigenvalue weighted by atomic mass is 9.85. The minimum absolute atomic E-state index is 0.104. The number of hydrogen-bond donors (Lipinski definition) is 2. The number of amides is 1. The summed E-state index contributed by atoms with van der Waals surface area (Å²) in [7, 11) is 3.64. The van der Waals surface area contributed by atoms with E-state index in [9.17, 15) is 4.79 Å². The van der Waals surface area contributed by atoms with E-state index in [1.165, 1.54) is 11.3 Å². The van der Waals surface area contributed by atoms with Gasteiger partial charge in [0.2, 0.25) is 17.8 Å². The van der Waals surface area contributed by atoms with Crippen molar-refractivity contribution in [1.29, 1.82) is 0 Å². The van der Waals surface area contributed by atoms with Gasteiger partial charge in [-0.1, -0.05) is 11.3 Å². The number of carbonyl (C=O) groups is 1. The van der Waals surface area contributed by atoms with Gasteiger partial charge in [-0.2, -0.15) is 15.0 Å². The molecule has 2 fully saturated rings. The van der Waals surface area contributed by atoms with Gasteiger partial charge in [-0.3, -0.25) is 4.79 Å². The van der Waals surface area contributed by atoms with Gasteiger partial charge < -0.3 is 25.6 Å². The summed E-state index contributed by atoms with van der Waals surface area (Å²) < 4.78 is 5.57. The number of aromatic nitrogens is 4. The minimum atomic E-state index is 0.104. The zero-order valence-electron chi connectivity index (χ0n) is 18.2. The van der Waals surface area contributed by atoms with Crippen LogP contribution in [0.5, 0.6) is 0 Å². The molecule has 1 saturated carbocycles. The largest absolute Gasteiger partial charge is 0.377 e. The molecule has 1 amide bonds. The normalized spacial score (nSPS) is 24.1. The monoisotopic (exact) mass is 446 g/mol. The van der Waals surface area contributed by atoms with Crippen LogP contribution in [0.1, 0.15) is 32.6 Å². The predicted octanol–water partition coefficient (Wildman–Crippen LogP) is 1.86. The lowest BCUT2D eigenvalue weighted by molar-refractivity contribution is -0.133. The summed E-state index contributed by atoms with van der Waals surface area (Å²) in [5.74, 6) is 2.07. The number of hydrogen-bond acceptors (Lipinski definition) is 10. The van der Waals surface area contributed by atoms with Crippen LogP contribution in [0.15, 0.2) is 6.20 Å². The predicted molar refractivity (Wildman–Crippen MR) is 121 cm³/mol. The highest BCUT2D eigenvalue weighted by atomic mass is 32.1. The Kier molecular flexibility index (Phi) is 6.51. The second-order valence-corrected chi connectivity index (χ2v) is 9.45. The molecule has 31 heavy (non-hydrogen) atoms. The molecule has 1 saturated heterocycles. The number of nitrogen functional groups attached to an aromatic ring is 1. The Labute approximate surface area is 186 Å². The second kappa shape index (κ2) is 9.31. The molecule has 3 heterocycles. The number of thiazole rings is 1. The minimum Gasteiger partial charge on any atom is -0.377 e. The van der Waals surface area contributed by atoms with Crippen LogP contribution >= 0.6 is 11.3 Å². The molecular formula is C20H30N8O2S. The summed E-state index contributed by atoms with van der Waals surface area (Å²) in [6, 6.07) is 0.402. The van der Waals surface area contributed by atoms with Gasteiger partial charge in [0, 0.05) is 32.6 Å². The fraction of sp³-hybridized carbons (Fsp3) is 0.650. The number of nitrogens with one attached hydrogen (secondary N) is 1. The van der Waals surface area contributed by atoms with Crippen LogP contribution in [0.2, 0.25) is 0 Å². The van der Waals surface area contributed by atoms with E-state index in [0.29, 0.717) is 36.1 Å². The van der Waals surface area contributed by atoms with Gasteiger partial charge >= 0.3 is 0 Å². The molecule has 0 bridgehead atoms. The van der Waals surface area contributed by atoms with Gasteiger partial charge in [0.1, 0.15) is 0 Å². The van der Waals surface area contributed by atoms with Crippen molar-refractivity contribution in [3.05, 3.63) is 6.20 Å². The molecule has 1 unspecified atom stereocenters. The number of carbonyl (C=O) groups excluding carboxylic acids is 1. The van der Waals surface area contributed by atoms with Crippen molar-refractivity contribution >= 4 is 34.3 Å². The lowest BCUT2D eigenvalue weighted by Gasteiger charge is -2.34. The molecule has 3 N–H and O–H groups in total. The van der Waals surface area contributed by atoms with Crippen molar-refractivity contribution < 1.29 is 9.53 Å². The summed E-state index contributed by atoms with van der Waals surface area (Å²) in [5, 5.41) is 3.97. The first-order valence-electron chi connectivity index (χ1n) is 10.7. The van der Waals surface area contributed by atoms with Crippen LogP contribution in [0.4, 0.5) is 17.0 Å². The molecule has 168 valence electrons. The Bertz CT molecular complexity index is 912. The van der Waals surface area contributed by atoms with Crippen LogP contribution in [0.3, 0.4) is 0 Å². The van der Waals surface area contributed by atoms with E-state index in [1.807, 2.05) is 14.1 Å². The highest BCUT2D eigenvalue weighted by Gasteiger charge is 2.28. The highest BCUT2D eigenvalue weighted by Crippen LogP contribution is 2.30. The zero-order chi connectivity index (χ0) is 22.0. The first-order chi connectivity index (χ1) is 14.9. The fourth-order valence-electron chi connectivity index (χ4n) is 4.12. The van der Waals surface area contributed by atoms with E-state index in [1.54, 1.807) is 11.1 Å². The third kappa shape index (κ3) is 5.04. The molecule has 10 nitrogen and oxygen atoms in total. The molecule has 4 rings (SSSR count). The van der Waals surface area contributed by atoms with Gasteiger partial charge in [0.05, 0.1) is 30.3 Å². The molecule has 1 aliphatic heterocycles. The molecular weight excluding hydrogens is 416 g/mol. The molecule has 11 heteroatoms. The van der Waals surface area contributed by atoms with Gasteiger partial charge in [-0.25, -0.2) is 4.98 Å². The Hall–Kier alpha value is -2.53. The Morgan fingerprint density at radius 2 is 2.03 bits per heavy atom. The maximum Gasteiger partial charge on any atom is 0.231 e. The summed E-state index contributed by atoms with van der Waals surface area (Å²) in [6.45, 7) is 4.11. The fourth-order valence-corrected chi connectivity index (χ4v) is 4.73. The summed E-state index contributed by atoms with van der Waals surface area (Å²) in [4.78, 5) is 35.2. The molecule has 0 spiro atoms. The van der Waals surface area contributed by atoms with Crippen LogP contribution in [-0.4, -0.2) is 76.7 Å². The summed E-state index contributed by atoms with van der Waals surface area (Å²) in [5.41, 5.74) is 5.83. The molecule has 1 atom stereocenters. The third-order valence-electron chi connectivity index (χ3n) is 5.84. The van der Waals surface area contributed by atoms with E-state index in [-0.39, 0.29) is 23.9 Å². The molecule has 2 aromatic heterocycles. The average Bonchev–Trinajstić information content (AvgIpc) is 3.20. The van der Waals surface area contributed by atoms with Gasteiger partial charge in [0.15, 0.2) is 11.0 Å². The van der Waals surface area contributed by atoms with Crippen molar-refractivity contribution in [2.24, 2.45) is 5.92 Å². The van der Waals surface area contributed by atoms with Crippen LogP contribution in [-0.2, 0) is 9.53 Å². The maximum absolute atomic E-state index is 12.3. The number of nitrogens with two attached hydrogens (primary N) is 1. The standard InChI is InChI=1S/C20H30N8O2S/c1-12-11-30-9-8-28(12)20-25-16(15-10-22-18(21)31-15)24-19(26-20)23-14-6-4-13(5-7-14)17(29)27(2)3/h10,12-14H,4-9,11H2,1-3H3,(H2,21,22)(H,23,24,25,26). The summed E-state index contributed by atoms with van der Waals surface area (Å²) in [6.07, 6.45) is 5.24. The average molecular weight is 447 g/mol. The van der Waals surface area contributed by atoms with Crippen molar-refractivity contribution in [2.75, 3.05) is 49.8 Å². The topological polar surface area (TPSA) is 122 Å². The smallest absolute Gasteiger partial charge is 0.231 e. The van der Waals surface area contributed by atoms with Crippen LogP contribution in [0.25, 0.3) is 10.7 Å². The molecule has 2 aromatic rings. The van der Waals surface area contributed by atoms with Gasteiger partial charge in [-0.15, -0.1) is 0 Å². The molecule has 0 aromatic carbocycles. The number of morpholine rings is 1. The van der Waals surface area contributed by atoms with Crippen LogP contribution < -0.4 is 16.0 Å². The number of rotatable bonds is 5. The van der Waals surface area contributed by atoms with Crippen molar-refractivity contribution in [2.45, 2.75) is 44.7 Å². The van der Waals surface area contributed by atoms with E-state index < -0.39 is 0 Å². The van der Waals surface area contributed by atoms with E-state index in [4.69, 9.17) is 20.4 Å². The summed E-state index contributed by atoms with van der Waals surface area (Å²) >= 11 is 1.36. The Morgan fingerprint density at radius 3 is 2.68 bits per heavy atom. The SMILES string of the molecule is CC1COCCN1c1nc(NC2CCC(C(=O)N(C)C)CC2)nc(-c2cnc(N)s2)n1. The first-order valence-corrected chi connectivity index (χ1v) is 11.5. The Balaban J connectivity index is 1.54. The molecule has 1 aliphatic carbocycles. The van der Waals surface area contributed by atoms with E-state index in [0.717, 1.165) is 37.1 Å². The van der Waals surface area contributed by atoms with Crippen molar-refractivity contribution in [1.82, 2.24) is 24.8 Å². The third-order valence-corrected chi connectivity index (χ3v) is 6.66. The van der Waals surface area contributed by atoms with Crippen LogP contribution in [0, 0.1) is 5.92 Å². The van der Waals surface area contributed by atoms with Crippen molar-refractivity contribution in [3.8, 4) is 10.7 Å². The first kappa shape index (κ1) is 21.7. The number of ether oxygens (including phenoxy) is 1. The quantitative estimate of drug-likeness (QED) is 0.708. The number of nitrogens with zero attached hydrogens (tertiary/aromatic N) is 6. The number of anilines is 3. The second-order valence-electron chi connectivity index (χ2n) is 8.39. The lowest BCUT2D eigenvalue weighted by Crippen LogP contribution is -2.44. The molecule has 2 aliphatic rings. The van der Waals surface area contributed by atoms with Gasteiger partial charge in [-0.05, 0) is 32.6 Å². The zero-order valence-corrected chi connectivity index (χ0v) is 19.1. The van der Waals surface area contributed by atoms with Gasteiger partial charge in [0.25, 0.3) is 0 Å².